The van der Waals surface area contributed by atoms with Gasteiger partial charge in [0.15, 0.2) is 5.78 Å². The molecule has 3 aromatic carbocycles. The molecular formula is C20H15FO2. The van der Waals surface area contributed by atoms with Crippen LogP contribution in [-0.2, 0) is 6.61 Å². The van der Waals surface area contributed by atoms with Crippen molar-refractivity contribution in [2.24, 2.45) is 0 Å². The normalized spacial score (nSPS) is 10.3. The Morgan fingerprint density at radius 1 is 0.870 bits per heavy atom. The molecule has 2 nitrogen and oxygen atoms in total. The number of hydrogen-bond acceptors (Lipinski definition) is 2. The van der Waals surface area contributed by atoms with E-state index in [1.54, 1.807) is 36.4 Å². The van der Waals surface area contributed by atoms with E-state index in [4.69, 9.17) is 4.74 Å². The van der Waals surface area contributed by atoms with Crippen molar-refractivity contribution in [3.63, 3.8) is 0 Å². The molecule has 3 heteroatoms. The summed E-state index contributed by atoms with van der Waals surface area (Å²) in [6.07, 6.45) is 0. The molecule has 0 fully saturated rings. The molecule has 0 unspecified atom stereocenters. The average molecular weight is 306 g/mol. The number of carbonyl (C=O) groups is 1. The molecule has 0 aliphatic rings. The molecule has 0 amide bonds. The fourth-order valence-corrected chi connectivity index (χ4v) is 2.27. The van der Waals surface area contributed by atoms with Crippen LogP contribution in [0.4, 0.5) is 4.39 Å². The highest BCUT2D eigenvalue weighted by Crippen LogP contribution is 2.19. The summed E-state index contributed by atoms with van der Waals surface area (Å²) < 4.78 is 19.4. The lowest BCUT2D eigenvalue weighted by molar-refractivity contribution is 0.103. The van der Waals surface area contributed by atoms with Crippen LogP contribution in [-0.4, -0.2) is 5.78 Å². The van der Waals surface area contributed by atoms with E-state index in [0.717, 1.165) is 5.56 Å². The summed E-state index contributed by atoms with van der Waals surface area (Å²) in [5.74, 6) is -0.294. The van der Waals surface area contributed by atoms with E-state index >= 15 is 0 Å². The number of rotatable bonds is 5. The molecule has 114 valence electrons. The zero-order chi connectivity index (χ0) is 16.1. The summed E-state index contributed by atoms with van der Waals surface area (Å²) in [6, 6.07) is 22.5. The standard InChI is InChI=1S/C20H15FO2/c21-19-12-5-4-11-18(19)20(22)16-9-6-10-17(13-16)23-14-15-7-2-1-3-8-15/h1-13H,14H2. The quantitative estimate of drug-likeness (QED) is 0.642. The summed E-state index contributed by atoms with van der Waals surface area (Å²) in [5.41, 5.74) is 1.51. The summed E-state index contributed by atoms with van der Waals surface area (Å²) in [5, 5.41) is 0. The first-order valence-electron chi connectivity index (χ1n) is 7.30. The molecule has 0 atom stereocenters. The lowest BCUT2D eigenvalue weighted by Gasteiger charge is -2.08. The number of carbonyl (C=O) groups excluding carboxylic acids is 1. The molecular weight excluding hydrogens is 291 g/mol. The SMILES string of the molecule is O=C(c1cccc(OCc2ccccc2)c1)c1ccccc1F. The van der Waals surface area contributed by atoms with Crippen LogP contribution in [0.3, 0.4) is 0 Å². The predicted molar refractivity (Wildman–Crippen MR) is 87.0 cm³/mol. The van der Waals surface area contributed by atoms with Gasteiger partial charge in [0.1, 0.15) is 18.2 Å². The maximum Gasteiger partial charge on any atom is 0.196 e. The second kappa shape index (κ2) is 6.88. The number of halogens is 1. The maximum absolute atomic E-state index is 13.7. The molecule has 0 bridgehead atoms. The number of ether oxygens (including phenoxy) is 1. The smallest absolute Gasteiger partial charge is 0.196 e. The van der Waals surface area contributed by atoms with Crippen LogP contribution in [0.2, 0.25) is 0 Å². The van der Waals surface area contributed by atoms with Gasteiger partial charge in [-0.1, -0.05) is 54.6 Å². The molecule has 0 aliphatic carbocycles. The first-order valence-corrected chi connectivity index (χ1v) is 7.30. The zero-order valence-corrected chi connectivity index (χ0v) is 12.4. The van der Waals surface area contributed by atoms with Crippen LogP contribution in [0.15, 0.2) is 78.9 Å². The first-order chi connectivity index (χ1) is 11.2. The Labute approximate surface area is 134 Å². The van der Waals surface area contributed by atoms with Gasteiger partial charge in [0, 0.05) is 5.56 Å². The highest BCUT2D eigenvalue weighted by atomic mass is 19.1. The van der Waals surface area contributed by atoms with E-state index in [9.17, 15) is 9.18 Å². The topological polar surface area (TPSA) is 26.3 Å². The highest BCUT2D eigenvalue weighted by Gasteiger charge is 2.13. The first kappa shape index (κ1) is 15.0. The molecule has 0 radical (unpaired) electrons. The third-order valence-corrected chi connectivity index (χ3v) is 3.46. The fraction of sp³-hybridized carbons (Fsp3) is 0.0500. The molecule has 0 aromatic heterocycles. The molecule has 0 saturated heterocycles. The number of ketones is 1. The molecule has 0 aliphatic heterocycles. The van der Waals surface area contributed by atoms with Crippen molar-refractivity contribution in [1.82, 2.24) is 0 Å². The minimum Gasteiger partial charge on any atom is -0.489 e. The number of hydrogen-bond donors (Lipinski definition) is 0. The van der Waals surface area contributed by atoms with Crippen LogP contribution in [0.25, 0.3) is 0 Å². The van der Waals surface area contributed by atoms with E-state index in [2.05, 4.69) is 0 Å². The molecule has 3 rings (SSSR count). The zero-order valence-electron chi connectivity index (χ0n) is 12.4. The van der Waals surface area contributed by atoms with Crippen LogP contribution < -0.4 is 4.74 Å². The van der Waals surface area contributed by atoms with Crippen molar-refractivity contribution in [2.75, 3.05) is 0 Å². The van der Waals surface area contributed by atoms with Gasteiger partial charge in [0.25, 0.3) is 0 Å². The van der Waals surface area contributed by atoms with Gasteiger partial charge in [-0.25, -0.2) is 4.39 Å². The predicted octanol–water partition coefficient (Wildman–Crippen LogP) is 4.64. The van der Waals surface area contributed by atoms with Crippen molar-refractivity contribution >= 4 is 5.78 Å². The fourth-order valence-electron chi connectivity index (χ4n) is 2.27. The van der Waals surface area contributed by atoms with E-state index in [1.165, 1.54) is 12.1 Å². The van der Waals surface area contributed by atoms with Gasteiger partial charge >= 0.3 is 0 Å². The summed E-state index contributed by atoms with van der Waals surface area (Å²) in [7, 11) is 0. The number of benzene rings is 3. The van der Waals surface area contributed by atoms with Crippen molar-refractivity contribution in [3.05, 3.63) is 101 Å². The average Bonchev–Trinajstić information content (AvgIpc) is 2.61. The monoisotopic (exact) mass is 306 g/mol. The Balaban J connectivity index is 1.77. The Morgan fingerprint density at radius 2 is 1.61 bits per heavy atom. The summed E-state index contributed by atoms with van der Waals surface area (Å²) in [6.45, 7) is 0.415. The molecule has 0 N–H and O–H groups in total. The van der Waals surface area contributed by atoms with Gasteiger partial charge < -0.3 is 4.74 Å². The molecule has 23 heavy (non-hydrogen) atoms. The second-order valence-corrected chi connectivity index (χ2v) is 5.11. The Hall–Kier alpha value is -2.94. The molecule has 3 aromatic rings. The second-order valence-electron chi connectivity index (χ2n) is 5.11. The molecule has 0 saturated carbocycles. The van der Waals surface area contributed by atoms with E-state index in [0.29, 0.717) is 17.9 Å². The minimum absolute atomic E-state index is 0.0627. The largest absolute Gasteiger partial charge is 0.489 e. The van der Waals surface area contributed by atoms with Crippen LogP contribution >= 0.6 is 0 Å². The van der Waals surface area contributed by atoms with E-state index in [-0.39, 0.29) is 11.3 Å². The Morgan fingerprint density at radius 3 is 2.39 bits per heavy atom. The van der Waals surface area contributed by atoms with Gasteiger partial charge in [-0.2, -0.15) is 0 Å². The van der Waals surface area contributed by atoms with E-state index in [1.807, 2.05) is 30.3 Å². The van der Waals surface area contributed by atoms with Gasteiger partial charge in [-0.15, -0.1) is 0 Å². The van der Waals surface area contributed by atoms with E-state index < -0.39 is 5.82 Å². The highest BCUT2D eigenvalue weighted by molar-refractivity contribution is 6.09. The van der Waals surface area contributed by atoms with Gasteiger partial charge in [0.05, 0.1) is 5.56 Å². The minimum atomic E-state index is -0.520. The van der Waals surface area contributed by atoms with Crippen LogP contribution in [0.1, 0.15) is 21.5 Å². The van der Waals surface area contributed by atoms with Crippen LogP contribution in [0, 0.1) is 5.82 Å². The third-order valence-electron chi connectivity index (χ3n) is 3.46. The maximum atomic E-state index is 13.7. The molecule has 0 spiro atoms. The molecule has 0 heterocycles. The van der Waals surface area contributed by atoms with Gasteiger partial charge in [-0.05, 0) is 29.8 Å². The van der Waals surface area contributed by atoms with Crippen molar-refractivity contribution in [1.29, 1.82) is 0 Å². The van der Waals surface area contributed by atoms with Gasteiger partial charge in [0.2, 0.25) is 0 Å². The van der Waals surface area contributed by atoms with Crippen molar-refractivity contribution < 1.29 is 13.9 Å². The van der Waals surface area contributed by atoms with Crippen LogP contribution in [0.5, 0.6) is 5.75 Å². The summed E-state index contributed by atoms with van der Waals surface area (Å²) in [4.78, 5) is 12.4. The van der Waals surface area contributed by atoms with Gasteiger partial charge in [-0.3, -0.25) is 4.79 Å². The third kappa shape index (κ3) is 3.64. The summed E-state index contributed by atoms with van der Waals surface area (Å²) >= 11 is 0. The lowest BCUT2D eigenvalue weighted by atomic mass is 10.0. The Bertz CT molecular complexity index is 813. The van der Waals surface area contributed by atoms with Crippen molar-refractivity contribution in [2.45, 2.75) is 6.61 Å². The Kier molecular flexibility index (Phi) is 4.48. The lowest BCUT2D eigenvalue weighted by Crippen LogP contribution is -2.04. The van der Waals surface area contributed by atoms with Crippen molar-refractivity contribution in [3.8, 4) is 5.75 Å².